The molecule has 0 saturated heterocycles. The molecule has 6 heteroatoms. The fourth-order valence-corrected chi connectivity index (χ4v) is 1.58. The summed E-state index contributed by atoms with van der Waals surface area (Å²) in [6, 6.07) is 4.45. The van der Waals surface area contributed by atoms with Crippen LogP contribution in [0, 0.1) is 0 Å². The van der Waals surface area contributed by atoms with Crippen LogP contribution in [-0.2, 0) is 4.79 Å². The lowest BCUT2D eigenvalue weighted by molar-refractivity contribution is -0.116. The molecule has 3 N–H and O–H groups in total. The van der Waals surface area contributed by atoms with E-state index in [0.717, 1.165) is 6.54 Å². The first-order valence-electron chi connectivity index (χ1n) is 5.94. The van der Waals surface area contributed by atoms with E-state index in [0.29, 0.717) is 18.6 Å². The van der Waals surface area contributed by atoms with Crippen molar-refractivity contribution < 1.29 is 19.4 Å². The van der Waals surface area contributed by atoms with Gasteiger partial charge in [-0.25, -0.2) is 4.79 Å². The standard InChI is InChI=1S/C13H18N2O4/c1-14-7-3-4-12(16)15-11-8-9(19-2)5-6-10(11)13(17)18/h5-6,8,14H,3-4,7H2,1-2H3,(H,15,16)(H,17,18). The van der Waals surface area contributed by atoms with Gasteiger partial charge in [0.15, 0.2) is 0 Å². The Balaban J connectivity index is 2.79. The van der Waals surface area contributed by atoms with Gasteiger partial charge in [-0.3, -0.25) is 4.79 Å². The van der Waals surface area contributed by atoms with Crippen LogP contribution in [0.25, 0.3) is 0 Å². The summed E-state index contributed by atoms with van der Waals surface area (Å²) in [6.07, 6.45) is 1.02. The molecule has 0 heterocycles. The summed E-state index contributed by atoms with van der Waals surface area (Å²) >= 11 is 0. The van der Waals surface area contributed by atoms with Crippen molar-refractivity contribution in [1.82, 2.24) is 5.32 Å². The van der Waals surface area contributed by atoms with Gasteiger partial charge in [-0.15, -0.1) is 0 Å². The maximum atomic E-state index is 11.7. The molecule has 1 aromatic rings. The molecule has 0 unspecified atom stereocenters. The summed E-state index contributed by atoms with van der Waals surface area (Å²) in [5.41, 5.74) is 0.295. The van der Waals surface area contributed by atoms with Gasteiger partial charge in [-0.2, -0.15) is 0 Å². The van der Waals surface area contributed by atoms with Crippen LogP contribution in [0.5, 0.6) is 5.75 Å². The van der Waals surface area contributed by atoms with Gasteiger partial charge in [-0.1, -0.05) is 0 Å². The predicted molar refractivity (Wildman–Crippen MR) is 71.7 cm³/mol. The number of hydrogen-bond acceptors (Lipinski definition) is 4. The lowest BCUT2D eigenvalue weighted by Crippen LogP contribution is -2.17. The number of amides is 1. The third-order valence-corrected chi connectivity index (χ3v) is 2.56. The van der Waals surface area contributed by atoms with E-state index in [2.05, 4.69) is 10.6 Å². The average molecular weight is 266 g/mol. The molecular weight excluding hydrogens is 248 g/mol. The number of carboxylic acid groups (broad SMARTS) is 1. The number of anilines is 1. The van der Waals surface area contributed by atoms with E-state index in [4.69, 9.17) is 9.84 Å². The van der Waals surface area contributed by atoms with E-state index >= 15 is 0 Å². The van der Waals surface area contributed by atoms with Crippen molar-refractivity contribution in [2.45, 2.75) is 12.8 Å². The summed E-state index contributed by atoms with van der Waals surface area (Å²) < 4.78 is 5.02. The normalized spacial score (nSPS) is 10.0. The predicted octanol–water partition coefficient (Wildman–Crippen LogP) is 1.33. The number of rotatable bonds is 7. The first-order valence-corrected chi connectivity index (χ1v) is 5.94. The molecule has 0 aliphatic heterocycles. The zero-order chi connectivity index (χ0) is 14.3. The number of carboxylic acids is 1. The monoisotopic (exact) mass is 266 g/mol. The lowest BCUT2D eigenvalue weighted by Gasteiger charge is -2.10. The number of benzene rings is 1. The van der Waals surface area contributed by atoms with Crippen LogP contribution < -0.4 is 15.4 Å². The van der Waals surface area contributed by atoms with Crippen molar-refractivity contribution >= 4 is 17.6 Å². The van der Waals surface area contributed by atoms with Gasteiger partial charge < -0.3 is 20.5 Å². The minimum atomic E-state index is -1.09. The first kappa shape index (κ1) is 15.0. The van der Waals surface area contributed by atoms with Crippen molar-refractivity contribution in [3.8, 4) is 5.75 Å². The van der Waals surface area contributed by atoms with Crippen LogP contribution in [-0.4, -0.2) is 37.7 Å². The Morgan fingerprint density at radius 1 is 1.37 bits per heavy atom. The topological polar surface area (TPSA) is 87.7 Å². The van der Waals surface area contributed by atoms with Crippen molar-refractivity contribution in [3.05, 3.63) is 23.8 Å². The molecule has 19 heavy (non-hydrogen) atoms. The zero-order valence-electron chi connectivity index (χ0n) is 11.0. The SMILES string of the molecule is CNCCCC(=O)Nc1cc(OC)ccc1C(=O)O. The van der Waals surface area contributed by atoms with Gasteiger partial charge in [0.05, 0.1) is 18.4 Å². The molecule has 6 nitrogen and oxygen atoms in total. The zero-order valence-corrected chi connectivity index (χ0v) is 11.0. The van der Waals surface area contributed by atoms with E-state index in [-0.39, 0.29) is 17.2 Å². The molecule has 0 spiro atoms. The Morgan fingerprint density at radius 2 is 2.11 bits per heavy atom. The Kier molecular flexibility index (Phi) is 5.81. The van der Waals surface area contributed by atoms with Crippen molar-refractivity contribution in [2.24, 2.45) is 0 Å². The van der Waals surface area contributed by atoms with Gasteiger partial charge in [-0.05, 0) is 32.1 Å². The molecule has 104 valence electrons. The molecule has 0 radical (unpaired) electrons. The Morgan fingerprint density at radius 3 is 2.68 bits per heavy atom. The second-order valence-electron chi connectivity index (χ2n) is 3.97. The smallest absolute Gasteiger partial charge is 0.337 e. The van der Waals surface area contributed by atoms with E-state index < -0.39 is 5.97 Å². The second-order valence-corrected chi connectivity index (χ2v) is 3.97. The number of carbonyl (C=O) groups excluding carboxylic acids is 1. The summed E-state index contributed by atoms with van der Waals surface area (Å²) in [7, 11) is 3.29. The number of methoxy groups -OCH3 is 1. The molecule has 0 bridgehead atoms. The summed E-state index contributed by atoms with van der Waals surface area (Å²) in [5, 5.41) is 14.6. The van der Waals surface area contributed by atoms with E-state index in [9.17, 15) is 9.59 Å². The van der Waals surface area contributed by atoms with Crippen LogP contribution >= 0.6 is 0 Å². The summed E-state index contributed by atoms with van der Waals surface area (Å²) in [6.45, 7) is 0.733. The average Bonchev–Trinajstić information content (AvgIpc) is 2.38. The van der Waals surface area contributed by atoms with Gasteiger partial charge in [0.1, 0.15) is 5.75 Å². The van der Waals surface area contributed by atoms with Gasteiger partial charge in [0, 0.05) is 12.5 Å². The lowest BCUT2D eigenvalue weighted by atomic mass is 10.1. The quantitative estimate of drug-likeness (QED) is 0.648. The molecule has 0 fully saturated rings. The van der Waals surface area contributed by atoms with E-state index in [1.165, 1.54) is 19.2 Å². The van der Waals surface area contributed by atoms with Gasteiger partial charge >= 0.3 is 5.97 Å². The highest BCUT2D eigenvalue weighted by atomic mass is 16.5. The molecule has 0 aliphatic rings. The van der Waals surface area contributed by atoms with Crippen LogP contribution in [0.4, 0.5) is 5.69 Å². The summed E-state index contributed by atoms with van der Waals surface area (Å²) in [5.74, 6) is -0.810. The minimum Gasteiger partial charge on any atom is -0.497 e. The molecule has 0 atom stereocenters. The summed E-state index contributed by atoms with van der Waals surface area (Å²) in [4.78, 5) is 22.8. The molecule has 1 aromatic carbocycles. The number of nitrogens with one attached hydrogen (secondary N) is 2. The van der Waals surface area contributed by atoms with Crippen molar-refractivity contribution in [3.63, 3.8) is 0 Å². The molecule has 1 rings (SSSR count). The molecule has 0 aromatic heterocycles. The number of carbonyl (C=O) groups is 2. The fourth-order valence-electron chi connectivity index (χ4n) is 1.58. The van der Waals surface area contributed by atoms with Gasteiger partial charge in [0.25, 0.3) is 0 Å². The number of aromatic carboxylic acids is 1. The fraction of sp³-hybridized carbons (Fsp3) is 0.385. The Bertz CT molecular complexity index is 460. The third-order valence-electron chi connectivity index (χ3n) is 2.56. The highest BCUT2D eigenvalue weighted by molar-refractivity contribution is 6.00. The van der Waals surface area contributed by atoms with Crippen LogP contribution in [0.3, 0.4) is 0 Å². The van der Waals surface area contributed by atoms with Crippen molar-refractivity contribution in [2.75, 3.05) is 26.0 Å². The first-order chi connectivity index (χ1) is 9.08. The third kappa shape index (κ3) is 4.59. The maximum absolute atomic E-state index is 11.7. The highest BCUT2D eigenvalue weighted by Gasteiger charge is 2.13. The molecule has 0 aliphatic carbocycles. The molecule has 0 saturated carbocycles. The largest absolute Gasteiger partial charge is 0.497 e. The number of hydrogen-bond donors (Lipinski definition) is 3. The molecule has 1 amide bonds. The van der Waals surface area contributed by atoms with Crippen molar-refractivity contribution in [1.29, 1.82) is 0 Å². The van der Waals surface area contributed by atoms with E-state index in [1.54, 1.807) is 6.07 Å². The minimum absolute atomic E-state index is 0.0442. The van der Waals surface area contributed by atoms with Crippen LogP contribution in [0.2, 0.25) is 0 Å². The maximum Gasteiger partial charge on any atom is 0.337 e. The molecular formula is C13H18N2O4. The Hall–Kier alpha value is -2.08. The van der Waals surface area contributed by atoms with E-state index in [1.807, 2.05) is 7.05 Å². The number of ether oxygens (including phenoxy) is 1. The van der Waals surface area contributed by atoms with Crippen LogP contribution in [0.1, 0.15) is 23.2 Å². The van der Waals surface area contributed by atoms with Gasteiger partial charge in [0.2, 0.25) is 5.91 Å². The highest BCUT2D eigenvalue weighted by Crippen LogP contribution is 2.22. The second kappa shape index (κ2) is 7.38. The Labute approximate surface area is 111 Å². The van der Waals surface area contributed by atoms with Crippen LogP contribution in [0.15, 0.2) is 18.2 Å².